The summed E-state index contributed by atoms with van der Waals surface area (Å²) in [5.74, 6) is 0.580. The highest BCUT2D eigenvalue weighted by Gasteiger charge is 2.41. The first kappa shape index (κ1) is 30.4. The zero-order valence-corrected chi connectivity index (χ0v) is 24.7. The summed E-state index contributed by atoms with van der Waals surface area (Å²) >= 11 is 0. The van der Waals surface area contributed by atoms with E-state index in [4.69, 9.17) is 10.5 Å². The molecule has 2 fully saturated rings. The number of likely N-dealkylation sites (tertiary alicyclic amines) is 2. The number of nitriles is 1. The van der Waals surface area contributed by atoms with E-state index in [1.54, 1.807) is 21.6 Å². The lowest BCUT2D eigenvalue weighted by Crippen LogP contribution is -2.54. The average Bonchev–Trinajstić information content (AvgIpc) is 3.77. The number of nitrogens with zero attached hydrogens (tertiary/aromatic N) is 6. The van der Waals surface area contributed by atoms with Gasteiger partial charge in [0.25, 0.3) is 0 Å². The van der Waals surface area contributed by atoms with Crippen LogP contribution in [0.4, 0.5) is 0 Å². The molecule has 5 atom stereocenters. The third-order valence-electron chi connectivity index (χ3n) is 8.69. The van der Waals surface area contributed by atoms with Gasteiger partial charge in [0, 0.05) is 39.1 Å². The van der Waals surface area contributed by atoms with Crippen LogP contribution in [0.2, 0.25) is 0 Å². The summed E-state index contributed by atoms with van der Waals surface area (Å²) < 4.78 is 6.97. The minimum atomic E-state index is -1.11. The van der Waals surface area contributed by atoms with Crippen LogP contribution in [0.15, 0.2) is 42.5 Å². The molecule has 12 nitrogen and oxygen atoms in total. The molecule has 12 heteroatoms. The Hall–Kier alpha value is -4.05. The van der Waals surface area contributed by atoms with E-state index in [2.05, 4.69) is 21.7 Å². The number of aliphatic hydroxyl groups excluding tert-OH is 1. The van der Waals surface area contributed by atoms with Crippen LogP contribution in [0.25, 0.3) is 11.0 Å². The molecule has 228 valence electrons. The number of nitrogens with two attached hydrogens (primary N) is 1. The highest BCUT2D eigenvalue weighted by atomic mass is 16.5. The lowest BCUT2D eigenvalue weighted by molar-refractivity contribution is -0.133. The summed E-state index contributed by atoms with van der Waals surface area (Å²) in [5.41, 5.74) is 10.1. The van der Waals surface area contributed by atoms with Crippen LogP contribution < -0.4 is 15.8 Å². The van der Waals surface area contributed by atoms with Gasteiger partial charge in [0.05, 0.1) is 24.7 Å². The Morgan fingerprint density at radius 1 is 1.23 bits per heavy atom. The van der Waals surface area contributed by atoms with Crippen molar-refractivity contribution >= 4 is 22.8 Å². The van der Waals surface area contributed by atoms with Crippen LogP contribution in [-0.4, -0.2) is 86.3 Å². The SMILES string of the molecule is COc1ccc(CC2CC(C(=O)NCc3ccc4c(c3)nnn4C)N(C(O)C(N)CCC(=O)N3CCCC3C#N)C2)cc1. The number of fused-ring (bicyclic) bond motifs is 1. The van der Waals surface area contributed by atoms with Crippen LogP contribution in [0, 0.1) is 17.2 Å². The predicted molar refractivity (Wildman–Crippen MR) is 159 cm³/mol. The second-order valence-electron chi connectivity index (χ2n) is 11.6. The number of methoxy groups -OCH3 is 1. The van der Waals surface area contributed by atoms with E-state index in [-0.39, 0.29) is 30.6 Å². The number of nitrogens with one attached hydrogen (secondary N) is 1. The normalized spacial score (nSPS) is 21.9. The third-order valence-corrected chi connectivity index (χ3v) is 8.69. The van der Waals surface area contributed by atoms with Crippen molar-refractivity contribution in [3.63, 3.8) is 0 Å². The topological polar surface area (TPSA) is 163 Å². The van der Waals surface area contributed by atoms with E-state index in [0.29, 0.717) is 32.5 Å². The minimum absolute atomic E-state index is 0.115. The van der Waals surface area contributed by atoms with Gasteiger partial charge in [-0.05, 0) is 73.4 Å². The van der Waals surface area contributed by atoms with Gasteiger partial charge in [-0.3, -0.25) is 14.5 Å². The number of rotatable bonds is 11. The summed E-state index contributed by atoms with van der Waals surface area (Å²) in [4.78, 5) is 29.7. The number of aromatic nitrogens is 3. The smallest absolute Gasteiger partial charge is 0.237 e. The monoisotopic (exact) mass is 588 g/mol. The summed E-state index contributed by atoms with van der Waals surface area (Å²) in [7, 11) is 3.46. The molecule has 43 heavy (non-hydrogen) atoms. The fourth-order valence-electron chi connectivity index (χ4n) is 6.28. The Kier molecular flexibility index (Phi) is 9.55. The lowest BCUT2D eigenvalue weighted by atomic mass is 9.96. The number of carbonyl (C=O) groups excluding carboxylic acids is 2. The number of benzene rings is 2. The van der Waals surface area contributed by atoms with E-state index in [1.165, 1.54) is 0 Å². The number of aryl methyl sites for hydroxylation is 1. The van der Waals surface area contributed by atoms with Crippen molar-refractivity contribution < 1.29 is 19.4 Å². The zero-order chi connectivity index (χ0) is 30.5. The zero-order valence-electron chi connectivity index (χ0n) is 24.7. The maximum atomic E-state index is 13.6. The molecular formula is C31H40N8O4. The first-order chi connectivity index (χ1) is 20.8. The molecule has 2 aromatic carbocycles. The quantitative estimate of drug-likeness (QED) is 0.301. The molecule has 3 heterocycles. The highest BCUT2D eigenvalue weighted by Crippen LogP contribution is 2.30. The molecule has 5 rings (SSSR count). The third kappa shape index (κ3) is 6.96. The van der Waals surface area contributed by atoms with Crippen LogP contribution >= 0.6 is 0 Å². The molecule has 0 spiro atoms. The van der Waals surface area contributed by atoms with Gasteiger partial charge in [-0.1, -0.05) is 23.4 Å². The number of hydrogen-bond donors (Lipinski definition) is 3. The maximum Gasteiger partial charge on any atom is 0.237 e. The minimum Gasteiger partial charge on any atom is -0.497 e. The molecule has 0 saturated carbocycles. The fourth-order valence-corrected chi connectivity index (χ4v) is 6.28. The van der Waals surface area contributed by atoms with Gasteiger partial charge in [-0.15, -0.1) is 5.10 Å². The molecule has 1 aromatic heterocycles. The second-order valence-corrected chi connectivity index (χ2v) is 11.6. The molecule has 3 aromatic rings. The molecule has 2 aliphatic heterocycles. The van der Waals surface area contributed by atoms with Crippen LogP contribution in [0.3, 0.4) is 0 Å². The van der Waals surface area contributed by atoms with Gasteiger partial charge in [0.1, 0.15) is 23.5 Å². The fraction of sp³-hybridized carbons (Fsp3) is 0.516. The largest absolute Gasteiger partial charge is 0.497 e. The standard InChI is InChI=1S/C31H40N8O4/c1-37-27-11-7-21(15-26(27)35-36-37)18-34-30(41)28-16-22(14-20-5-8-24(43-2)9-6-20)19-39(28)31(42)25(33)10-12-29(40)38-13-3-4-23(38)17-32/h5-9,11,15,22-23,25,28,31,42H,3-4,10,12-14,16,18-19,33H2,1-2H3,(H,34,41). The average molecular weight is 589 g/mol. The Labute approximate surface area is 251 Å². The molecule has 0 aliphatic carbocycles. The second kappa shape index (κ2) is 13.5. The van der Waals surface area contributed by atoms with Gasteiger partial charge in [0.15, 0.2) is 0 Å². The number of hydrogen-bond acceptors (Lipinski definition) is 9. The predicted octanol–water partition coefficient (Wildman–Crippen LogP) is 1.47. The Morgan fingerprint density at radius 3 is 2.74 bits per heavy atom. The first-order valence-electron chi connectivity index (χ1n) is 14.8. The number of carbonyl (C=O) groups is 2. The van der Waals surface area contributed by atoms with Crippen molar-refractivity contribution in [3.05, 3.63) is 53.6 Å². The molecule has 2 amide bonds. The maximum absolute atomic E-state index is 13.6. The van der Waals surface area contributed by atoms with Gasteiger partial charge < -0.3 is 25.8 Å². The van der Waals surface area contributed by atoms with Crippen molar-refractivity contribution in [1.82, 2.24) is 30.1 Å². The first-order valence-corrected chi connectivity index (χ1v) is 14.8. The van der Waals surface area contributed by atoms with Crippen LogP contribution in [0.1, 0.15) is 43.2 Å². The molecule has 4 N–H and O–H groups in total. The van der Waals surface area contributed by atoms with Crippen molar-refractivity contribution in [2.45, 2.75) is 69.4 Å². The summed E-state index contributed by atoms with van der Waals surface area (Å²) in [6.07, 6.45) is 2.07. The Bertz CT molecular complexity index is 1470. The number of ether oxygens (including phenoxy) is 1. The molecular weight excluding hydrogens is 548 g/mol. The van der Waals surface area contributed by atoms with E-state index in [9.17, 15) is 20.0 Å². The van der Waals surface area contributed by atoms with E-state index in [1.807, 2.05) is 49.5 Å². The summed E-state index contributed by atoms with van der Waals surface area (Å²) in [6.45, 7) is 1.37. The van der Waals surface area contributed by atoms with Gasteiger partial charge >= 0.3 is 0 Å². The summed E-state index contributed by atoms with van der Waals surface area (Å²) in [5, 5.41) is 31.9. The molecule has 0 bridgehead atoms. The molecule has 0 radical (unpaired) electrons. The molecule has 2 aliphatic rings. The van der Waals surface area contributed by atoms with E-state index in [0.717, 1.165) is 40.8 Å². The number of amides is 2. The van der Waals surface area contributed by atoms with E-state index >= 15 is 0 Å². The lowest BCUT2D eigenvalue weighted by Gasteiger charge is -2.32. The van der Waals surface area contributed by atoms with E-state index < -0.39 is 24.4 Å². The Morgan fingerprint density at radius 2 is 2.00 bits per heavy atom. The van der Waals surface area contributed by atoms with Crippen molar-refractivity contribution in [2.24, 2.45) is 18.7 Å². The molecule has 2 saturated heterocycles. The molecule has 5 unspecified atom stereocenters. The van der Waals surface area contributed by atoms with Gasteiger partial charge in [-0.2, -0.15) is 5.26 Å². The van der Waals surface area contributed by atoms with Crippen molar-refractivity contribution in [2.75, 3.05) is 20.2 Å². The Balaban J connectivity index is 1.25. The van der Waals surface area contributed by atoms with Crippen molar-refractivity contribution in [3.8, 4) is 11.8 Å². The van der Waals surface area contributed by atoms with Crippen LogP contribution in [-0.2, 0) is 29.6 Å². The van der Waals surface area contributed by atoms with Gasteiger partial charge in [-0.25, -0.2) is 4.68 Å². The van der Waals surface area contributed by atoms with Crippen molar-refractivity contribution in [1.29, 1.82) is 5.26 Å². The van der Waals surface area contributed by atoms with Gasteiger partial charge in [0.2, 0.25) is 11.8 Å². The summed E-state index contributed by atoms with van der Waals surface area (Å²) in [6, 6.07) is 14.1. The van der Waals surface area contributed by atoms with Crippen LogP contribution in [0.5, 0.6) is 5.75 Å². The highest BCUT2D eigenvalue weighted by molar-refractivity contribution is 5.82. The number of aliphatic hydroxyl groups is 1.